The number of hydrogen-bond donors (Lipinski definition) is 1. The van der Waals surface area contributed by atoms with Gasteiger partial charge in [0.25, 0.3) is 0 Å². The van der Waals surface area contributed by atoms with Crippen LogP contribution >= 0.6 is 0 Å². The molecule has 1 saturated heterocycles. The first kappa shape index (κ1) is 19.5. The Morgan fingerprint density at radius 1 is 1.40 bits per heavy atom. The molecule has 140 valence electrons. The van der Waals surface area contributed by atoms with Crippen LogP contribution in [-0.2, 0) is 14.8 Å². The smallest absolute Gasteiger partial charge is 0.405 e. The molecule has 0 radical (unpaired) electrons. The van der Waals surface area contributed by atoms with E-state index in [1.54, 1.807) is 18.3 Å². The first-order valence-corrected chi connectivity index (χ1v) is 9.01. The highest BCUT2D eigenvalue weighted by Crippen LogP contribution is 2.29. The van der Waals surface area contributed by atoms with Crippen LogP contribution in [0.2, 0.25) is 0 Å². The lowest BCUT2D eigenvalue weighted by molar-refractivity contribution is -0.140. The second kappa shape index (κ2) is 7.20. The van der Waals surface area contributed by atoms with Crippen molar-refractivity contribution in [1.29, 1.82) is 0 Å². The Bertz CT molecular complexity index is 750. The zero-order valence-corrected chi connectivity index (χ0v) is 14.6. The van der Waals surface area contributed by atoms with Crippen LogP contribution < -0.4 is 10.1 Å². The number of carbonyl (C=O) groups is 1. The number of benzene rings is 1. The molecule has 0 bridgehead atoms. The second-order valence-corrected chi connectivity index (χ2v) is 7.60. The monoisotopic (exact) mass is 380 g/mol. The van der Waals surface area contributed by atoms with Crippen molar-refractivity contribution >= 4 is 15.9 Å². The van der Waals surface area contributed by atoms with E-state index in [1.165, 1.54) is 19.2 Å². The highest BCUT2D eigenvalue weighted by Gasteiger charge is 2.41. The molecule has 1 N–H and O–H groups in total. The molecule has 1 heterocycles. The molecule has 1 unspecified atom stereocenters. The number of nitrogens with zero attached hydrogens (tertiary/aromatic N) is 1. The number of sulfonamides is 1. The van der Waals surface area contributed by atoms with Crippen LogP contribution in [0.4, 0.5) is 13.2 Å². The number of alkyl halides is 3. The summed E-state index contributed by atoms with van der Waals surface area (Å²) < 4.78 is 68.5. The molecule has 0 aromatic heterocycles. The van der Waals surface area contributed by atoms with Gasteiger partial charge in [-0.1, -0.05) is 0 Å². The Morgan fingerprint density at radius 2 is 2.08 bits per heavy atom. The van der Waals surface area contributed by atoms with Crippen LogP contribution in [0.25, 0.3) is 0 Å². The van der Waals surface area contributed by atoms with E-state index in [9.17, 15) is 26.4 Å². The number of rotatable bonds is 5. The topological polar surface area (TPSA) is 75.7 Å². The zero-order chi connectivity index (χ0) is 18.8. The number of amides is 1. The molecule has 25 heavy (non-hydrogen) atoms. The standard InChI is InChI=1S/C15H19F3N2O4S/c1-10-8-11(24-2)5-6-13(10)25(22,23)20-7-3-4-12(20)14(21)19-9-15(16,17)18/h5-6,8,12H,3-4,7,9H2,1-2H3,(H,19,21). The van der Waals surface area contributed by atoms with Gasteiger partial charge >= 0.3 is 6.18 Å². The number of hydrogen-bond acceptors (Lipinski definition) is 4. The molecular weight excluding hydrogens is 361 g/mol. The summed E-state index contributed by atoms with van der Waals surface area (Å²) in [6.45, 7) is 0.180. The van der Waals surface area contributed by atoms with Crippen molar-refractivity contribution in [1.82, 2.24) is 9.62 Å². The van der Waals surface area contributed by atoms with Crippen LogP contribution in [-0.4, -0.2) is 51.0 Å². The summed E-state index contributed by atoms with van der Waals surface area (Å²) >= 11 is 0. The lowest BCUT2D eigenvalue weighted by atomic mass is 10.2. The maximum Gasteiger partial charge on any atom is 0.405 e. The van der Waals surface area contributed by atoms with Crippen molar-refractivity contribution in [2.24, 2.45) is 0 Å². The molecule has 1 aliphatic rings. The Labute approximate surface area is 144 Å². The highest BCUT2D eigenvalue weighted by atomic mass is 32.2. The average Bonchev–Trinajstić information content (AvgIpc) is 3.02. The quantitative estimate of drug-likeness (QED) is 0.846. The third-order valence-corrected chi connectivity index (χ3v) is 6.01. The predicted octanol–water partition coefficient (Wildman–Crippen LogP) is 1.84. The molecule has 6 nitrogen and oxygen atoms in total. The Kier molecular flexibility index (Phi) is 5.62. The number of halogens is 3. The van der Waals surface area contributed by atoms with Crippen LogP contribution in [0.3, 0.4) is 0 Å². The summed E-state index contributed by atoms with van der Waals surface area (Å²) in [4.78, 5) is 12.0. The van der Waals surface area contributed by atoms with Gasteiger partial charge in [0.15, 0.2) is 0 Å². The van der Waals surface area contributed by atoms with Crippen molar-refractivity contribution in [3.63, 3.8) is 0 Å². The number of nitrogens with one attached hydrogen (secondary N) is 1. The van der Waals surface area contributed by atoms with Crippen molar-refractivity contribution in [2.75, 3.05) is 20.2 Å². The van der Waals surface area contributed by atoms with Crippen molar-refractivity contribution in [2.45, 2.75) is 36.9 Å². The number of aryl methyl sites for hydroxylation is 1. The number of carbonyl (C=O) groups excluding carboxylic acids is 1. The molecule has 1 aromatic rings. The van der Waals surface area contributed by atoms with Crippen LogP contribution in [0.1, 0.15) is 18.4 Å². The summed E-state index contributed by atoms with van der Waals surface area (Å²) in [6, 6.07) is 3.25. The maximum atomic E-state index is 12.9. The third-order valence-electron chi connectivity index (χ3n) is 3.94. The average molecular weight is 380 g/mol. The van der Waals surface area contributed by atoms with Gasteiger partial charge in [-0.3, -0.25) is 4.79 Å². The van der Waals surface area contributed by atoms with Gasteiger partial charge < -0.3 is 10.1 Å². The maximum absolute atomic E-state index is 12.9. The van der Waals surface area contributed by atoms with E-state index in [-0.39, 0.29) is 17.9 Å². The first-order chi connectivity index (χ1) is 11.6. The molecule has 1 aromatic carbocycles. The summed E-state index contributed by atoms with van der Waals surface area (Å²) in [6.07, 6.45) is -3.97. The third kappa shape index (κ3) is 4.43. The Hall–Kier alpha value is -1.81. The molecule has 1 aliphatic heterocycles. The van der Waals surface area contributed by atoms with Crippen molar-refractivity contribution in [3.8, 4) is 5.75 Å². The Morgan fingerprint density at radius 3 is 2.64 bits per heavy atom. The van der Waals surface area contributed by atoms with Gasteiger partial charge in [-0.05, 0) is 43.5 Å². The molecule has 2 rings (SSSR count). The van der Waals surface area contributed by atoms with Crippen LogP contribution in [0.5, 0.6) is 5.75 Å². The lowest BCUT2D eigenvalue weighted by Crippen LogP contribution is -2.48. The molecular formula is C15H19F3N2O4S. The van der Waals surface area contributed by atoms with E-state index in [1.807, 2.05) is 0 Å². The molecule has 0 spiro atoms. The predicted molar refractivity (Wildman–Crippen MR) is 83.7 cm³/mol. The van der Waals surface area contributed by atoms with Crippen LogP contribution in [0, 0.1) is 6.92 Å². The fourth-order valence-corrected chi connectivity index (χ4v) is 4.62. The minimum absolute atomic E-state index is 0.00354. The number of ether oxygens (including phenoxy) is 1. The lowest BCUT2D eigenvalue weighted by Gasteiger charge is -2.24. The molecule has 1 atom stereocenters. The first-order valence-electron chi connectivity index (χ1n) is 7.57. The molecule has 10 heteroatoms. The summed E-state index contributed by atoms with van der Waals surface area (Å²) in [7, 11) is -2.56. The minimum Gasteiger partial charge on any atom is -0.497 e. The van der Waals surface area contributed by atoms with Gasteiger partial charge in [-0.15, -0.1) is 0 Å². The minimum atomic E-state index is -4.55. The molecule has 1 fully saturated rings. The summed E-state index contributed by atoms with van der Waals surface area (Å²) in [5, 5.41) is 1.76. The van der Waals surface area contributed by atoms with Crippen molar-refractivity contribution in [3.05, 3.63) is 23.8 Å². The van der Waals surface area contributed by atoms with Crippen LogP contribution in [0.15, 0.2) is 23.1 Å². The molecule has 0 saturated carbocycles. The number of methoxy groups -OCH3 is 1. The second-order valence-electron chi connectivity index (χ2n) is 5.74. The van der Waals surface area contributed by atoms with Gasteiger partial charge in [0.05, 0.1) is 12.0 Å². The fraction of sp³-hybridized carbons (Fsp3) is 0.533. The van der Waals surface area contributed by atoms with E-state index < -0.39 is 34.7 Å². The van der Waals surface area contributed by atoms with Gasteiger partial charge in [0.2, 0.25) is 15.9 Å². The zero-order valence-electron chi connectivity index (χ0n) is 13.8. The van der Waals surface area contributed by atoms with E-state index in [4.69, 9.17) is 4.74 Å². The Balaban J connectivity index is 2.24. The fourth-order valence-electron chi connectivity index (χ4n) is 2.76. The molecule has 0 aliphatic carbocycles. The van der Waals surface area contributed by atoms with Gasteiger partial charge in [0, 0.05) is 6.54 Å². The largest absolute Gasteiger partial charge is 0.497 e. The highest BCUT2D eigenvalue weighted by molar-refractivity contribution is 7.89. The normalized spacial score (nSPS) is 19.0. The van der Waals surface area contributed by atoms with Gasteiger partial charge in [0.1, 0.15) is 18.3 Å². The van der Waals surface area contributed by atoms with Crippen molar-refractivity contribution < 1.29 is 31.1 Å². The van der Waals surface area contributed by atoms with Gasteiger partial charge in [-0.25, -0.2) is 8.42 Å². The van der Waals surface area contributed by atoms with Gasteiger partial charge in [-0.2, -0.15) is 17.5 Å². The van der Waals surface area contributed by atoms with E-state index in [0.29, 0.717) is 17.7 Å². The van der Waals surface area contributed by atoms with E-state index >= 15 is 0 Å². The summed E-state index contributed by atoms with van der Waals surface area (Å²) in [5.41, 5.74) is 0.431. The van der Waals surface area contributed by atoms with E-state index in [0.717, 1.165) is 4.31 Å². The van der Waals surface area contributed by atoms with E-state index in [2.05, 4.69) is 0 Å². The SMILES string of the molecule is COc1ccc(S(=O)(=O)N2CCCC2C(=O)NCC(F)(F)F)c(C)c1. The molecule has 1 amide bonds. The summed E-state index contributed by atoms with van der Waals surface area (Å²) in [5.74, 6) is -0.457.